The Hall–Kier alpha value is -2.09. The van der Waals surface area contributed by atoms with Crippen molar-refractivity contribution < 1.29 is 9.53 Å². The maximum Gasteiger partial charge on any atom is 0.338 e. The monoisotopic (exact) mass is 212 g/mol. The van der Waals surface area contributed by atoms with E-state index < -0.39 is 0 Å². The number of ether oxygens (including phenoxy) is 1. The van der Waals surface area contributed by atoms with Crippen molar-refractivity contribution in [3.8, 4) is 0 Å². The molecule has 0 heterocycles. The summed E-state index contributed by atoms with van der Waals surface area (Å²) in [5.41, 5.74) is 1.63. The number of fused-ring (bicyclic) bond motifs is 1. The molecule has 0 aliphatic rings. The van der Waals surface area contributed by atoms with Crippen LogP contribution in [0.2, 0.25) is 0 Å². The first-order valence-electron chi connectivity index (χ1n) is 5.00. The number of carbonyl (C=O) groups is 1. The van der Waals surface area contributed by atoms with E-state index >= 15 is 0 Å². The van der Waals surface area contributed by atoms with Crippen molar-refractivity contribution in [3.63, 3.8) is 0 Å². The smallest absolute Gasteiger partial charge is 0.338 e. The number of rotatable bonds is 2. The first-order chi connectivity index (χ1) is 7.76. The molecule has 0 aliphatic heterocycles. The fourth-order valence-corrected chi connectivity index (χ4v) is 1.72. The van der Waals surface area contributed by atoms with Gasteiger partial charge in [0.05, 0.1) is 12.7 Å². The van der Waals surface area contributed by atoms with Crippen molar-refractivity contribution in [1.29, 1.82) is 0 Å². The highest BCUT2D eigenvalue weighted by Gasteiger charge is 2.09. The van der Waals surface area contributed by atoms with Gasteiger partial charge < -0.3 is 4.74 Å². The van der Waals surface area contributed by atoms with E-state index in [0.717, 1.165) is 16.3 Å². The van der Waals surface area contributed by atoms with Crippen LogP contribution in [0.1, 0.15) is 15.9 Å². The molecule has 0 radical (unpaired) electrons. The third-order valence-corrected chi connectivity index (χ3v) is 2.55. The van der Waals surface area contributed by atoms with Crippen molar-refractivity contribution in [2.45, 2.75) is 0 Å². The first-order valence-corrected chi connectivity index (χ1v) is 5.00. The van der Waals surface area contributed by atoms with E-state index in [1.54, 1.807) is 12.1 Å². The third kappa shape index (κ3) is 1.70. The van der Waals surface area contributed by atoms with Gasteiger partial charge in [-0.3, -0.25) is 0 Å². The highest BCUT2D eigenvalue weighted by atomic mass is 16.5. The Morgan fingerprint density at radius 1 is 1.31 bits per heavy atom. The molecule has 0 saturated carbocycles. The Morgan fingerprint density at radius 3 is 2.81 bits per heavy atom. The van der Waals surface area contributed by atoms with Gasteiger partial charge in [-0.25, -0.2) is 4.79 Å². The van der Waals surface area contributed by atoms with Crippen LogP contribution in [0.25, 0.3) is 16.8 Å². The second kappa shape index (κ2) is 4.19. The molecule has 0 aromatic heterocycles. The molecular weight excluding hydrogens is 200 g/mol. The lowest BCUT2D eigenvalue weighted by molar-refractivity contribution is 0.0603. The van der Waals surface area contributed by atoms with Crippen LogP contribution >= 0.6 is 0 Å². The molecular formula is C14H12O2. The molecule has 0 amide bonds. The van der Waals surface area contributed by atoms with Crippen molar-refractivity contribution in [2.24, 2.45) is 0 Å². The molecule has 80 valence electrons. The molecule has 0 aliphatic carbocycles. The van der Waals surface area contributed by atoms with Crippen molar-refractivity contribution in [3.05, 3.63) is 54.1 Å². The Balaban J connectivity index is 2.69. The number of hydrogen-bond donors (Lipinski definition) is 0. The molecule has 2 rings (SSSR count). The van der Waals surface area contributed by atoms with E-state index in [1.165, 1.54) is 7.11 Å². The fraction of sp³-hybridized carbons (Fsp3) is 0.0714. The minimum absolute atomic E-state index is 0.308. The summed E-state index contributed by atoms with van der Waals surface area (Å²) >= 11 is 0. The van der Waals surface area contributed by atoms with E-state index in [-0.39, 0.29) is 5.97 Å². The number of hydrogen-bond acceptors (Lipinski definition) is 2. The molecule has 2 nitrogen and oxygen atoms in total. The lowest BCUT2D eigenvalue weighted by Gasteiger charge is -2.05. The standard InChI is InChI=1S/C14H12O2/c1-3-10-7-8-12-11(9-10)5-4-6-13(12)14(15)16-2/h3-9H,1H2,2H3. The second-order valence-electron chi connectivity index (χ2n) is 3.48. The van der Waals surface area contributed by atoms with Gasteiger partial charge in [0, 0.05) is 0 Å². The zero-order valence-electron chi connectivity index (χ0n) is 9.07. The number of carbonyl (C=O) groups excluding carboxylic acids is 1. The summed E-state index contributed by atoms with van der Waals surface area (Å²) in [6.45, 7) is 3.72. The largest absolute Gasteiger partial charge is 0.465 e. The molecule has 0 unspecified atom stereocenters. The zero-order chi connectivity index (χ0) is 11.5. The Labute approximate surface area is 94.2 Å². The van der Waals surface area contributed by atoms with Crippen LogP contribution in [0.15, 0.2) is 43.0 Å². The summed E-state index contributed by atoms with van der Waals surface area (Å²) in [6.07, 6.45) is 1.78. The van der Waals surface area contributed by atoms with E-state index in [0.29, 0.717) is 5.56 Å². The maximum absolute atomic E-state index is 11.5. The molecule has 0 saturated heterocycles. The van der Waals surface area contributed by atoms with Crippen molar-refractivity contribution >= 4 is 22.8 Å². The maximum atomic E-state index is 11.5. The average molecular weight is 212 g/mol. The molecule has 0 fully saturated rings. The summed E-state index contributed by atoms with van der Waals surface area (Å²) < 4.78 is 4.74. The van der Waals surface area contributed by atoms with Crippen molar-refractivity contribution in [2.75, 3.05) is 7.11 Å². The molecule has 16 heavy (non-hydrogen) atoms. The lowest BCUT2D eigenvalue weighted by atomic mass is 10.0. The number of methoxy groups -OCH3 is 1. The summed E-state index contributed by atoms with van der Waals surface area (Å²) in [6, 6.07) is 11.4. The Kier molecular flexibility index (Phi) is 2.73. The molecule has 2 aromatic carbocycles. The van der Waals surface area contributed by atoms with E-state index in [9.17, 15) is 4.79 Å². The van der Waals surface area contributed by atoms with Gasteiger partial charge in [0.2, 0.25) is 0 Å². The van der Waals surface area contributed by atoms with Crippen LogP contribution in [0.3, 0.4) is 0 Å². The lowest BCUT2D eigenvalue weighted by Crippen LogP contribution is -2.01. The van der Waals surface area contributed by atoms with Gasteiger partial charge in [-0.1, -0.05) is 36.9 Å². The summed E-state index contributed by atoms with van der Waals surface area (Å²) in [7, 11) is 1.39. The van der Waals surface area contributed by atoms with E-state index in [1.807, 2.05) is 30.3 Å². The molecule has 0 atom stereocenters. The van der Waals surface area contributed by atoms with Gasteiger partial charge in [0.15, 0.2) is 0 Å². The summed E-state index contributed by atoms with van der Waals surface area (Å²) in [4.78, 5) is 11.5. The van der Waals surface area contributed by atoms with Gasteiger partial charge in [-0.05, 0) is 28.5 Å². The van der Waals surface area contributed by atoms with Crippen LogP contribution in [0, 0.1) is 0 Å². The average Bonchev–Trinajstić information content (AvgIpc) is 2.36. The Bertz CT molecular complexity index is 556. The summed E-state index contributed by atoms with van der Waals surface area (Å²) in [5, 5.41) is 1.92. The third-order valence-electron chi connectivity index (χ3n) is 2.55. The number of benzene rings is 2. The Morgan fingerprint density at radius 2 is 2.12 bits per heavy atom. The molecule has 0 N–H and O–H groups in total. The second-order valence-corrected chi connectivity index (χ2v) is 3.48. The van der Waals surface area contributed by atoms with Gasteiger partial charge in [0.25, 0.3) is 0 Å². The van der Waals surface area contributed by atoms with Crippen molar-refractivity contribution in [1.82, 2.24) is 0 Å². The fourth-order valence-electron chi connectivity index (χ4n) is 1.72. The minimum Gasteiger partial charge on any atom is -0.465 e. The molecule has 0 bridgehead atoms. The van der Waals surface area contributed by atoms with E-state index in [4.69, 9.17) is 4.74 Å². The van der Waals surface area contributed by atoms with Gasteiger partial charge >= 0.3 is 5.97 Å². The number of esters is 1. The quantitative estimate of drug-likeness (QED) is 0.714. The van der Waals surface area contributed by atoms with Gasteiger partial charge in [0.1, 0.15) is 0 Å². The van der Waals surface area contributed by atoms with Crippen LogP contribution in [-0.4, -0.2) is 13.1 Å². The normalized spacial score (nSPS) is 10.1. The topological polar surface area (TPSA) is 26.3 Å². The van der Waals surface area contributed by atoms with Gasteiger partial charge in [-0.15, -0.1) is 0 Å². The molecule has 0 spiro atoms. The van der Waals surface area contributed by atoms with Crippen LogP contribution < -0.4 is 0 Å². The predicted octanol–water partition coefficient (Wildman–Crippen LogP) is 3.27. The van der Waals surface area contributed by atoms with Crippen LogP contribution in [-0.2, 0) is 4.74 Å². The SMILES string of the molecule is C=Cc1ccc2c(C(=O)OC)cccc2c1. The highest BCUT2D eigenvalue weighted by molar-refractivity contribution is 6.04. The molecule has 2 heteroatoms. The first kappa shape index (κ1) is 10.4. The predicted molar refractivity (Wildman–Crippen MR) is 65.4 cm³/mol. The van der Waals surface area contributed by atoms with E-state index in [2.05, 4.69) is 6.58 Å². The minimum atomic E-state index is -0.308. The highest BCUT2D eigenvalue weighted by Crippen LogP contribution is 2.21. The van der Waals surface area contributed by atoms with Crippen LogP contribution in [0.5, 0.6) is 0 Å². The molecule has 2 aromatic rings. The van der Waals surface area contributed by atoms with Gasteiger partial charge in [-0.2, -0.15) is 0 Å². The zero-order valence-corrected chi connectivity index (χ0v) is 9.07. The van der Waals surface area contributed by atoms with Crippen LogP contribution in [0.4, 0.5) is 0 Å². The summed E-state index contributed by atoms with van der Waals surface area (Å²) in [5.74, 6) is -0.308.